The first-order valence-electron chi connectivity index (χ1n) is 6.61. The number of thiophene rings is 1. The van der Waals surface area contributed by atoms with E-state index >= 15 is 0 Å². The van der Waals surface area contributed by atoms with E-state index in [4.69, 9.17) is 4.74 Å². The highest BCUT2D eigenvalue weighted by molar-refractivity contribution is 7.09. The van der Waals surface area contributed by atoms with Crippen molar-refractivity contribution < 1.29 is 4.74 Å². The number of rotatable bonds is 6. The van der Waals surface area contributed by atoms with E-state index in [0.717, 1.165) is 11.3 Å². The molecule has 0 saturated heterocycles. The number of ether oxygens (including phenoxy) is 1. The van der Waals surface area contributed by atoms with Crippen LogP contribution < -0.4 is 10.1 Å². The maximum atomic E-state index is 9.33. The molecule has 1 aromatic carbocycles. The Morgan fingerprint density at radius 3 is 2.80 bits per heavy atom. The molecule has 0 spiro atoms. The smallest absolute Gasteiger partial charge is 0.121 e. The summed E-state index contributed by atoms with van der Waals surface area (Å²) in [6, 6.07) is 13.8. The number of hydrogen-bond donors (Lipinski definition) is 1. The highest BCUT2D eigenvalue weighted by Crippen LogP contribution is 2.21. The molecule has 1 heterocycles. The Morgan fingerprint density at radius 2 is 2.15 bits per heavy atom. The van der Waals surface area contributed by atoms with Gasteiger partial charge < -0.3 is 4.74 Å². The Kier molecular flexibility index (Phi) is 5.16. The summed E-state index contributed by atoms with van der Waals surface area (Å²) in [7, 11) is 0. The van der Waals surface area contributed by atoms with Gasteiger partial charge in [0, 0.05) is 11.4 Å². The van der Waals surface area contributed by atoms with E-state index in [1.54, 1.807) is 11.3 Å². The fourth-order valence-electron chi connectivity index (χ4n) is 1.89. The summed E-state index contributed by atoms with van der Waals surface area (Å²) >= 11 is 1.69. The van der Waals surface area contributed by atoms with Crippen molar-refractivity contribution in [1.29, 1.82) is 5.26 Å². The third-order valence-corrected chi connectivity index (χ3v) is 3.63. The molecule has 0 saturated carbocycles. The van der Waals surface area contributed by atoms with Crippen molar-refractivity contribution in [2.24, 2.45) is 0 Å². The molecule has 0 amide bonds. The van der Waals surface area contributed by atoms with E-state index in [1.165, 1.54) is 4.88 Å². The molecule has 4 heteroatoms. The summed E-state index contributed by atoms with van der Waals surface area (Å²) < 4.78 is 5.66. The van der Waals surface area contributed by atoms with Gasteiger partial charge in [0.15, 0.2) is 0 Å². The Balaban J connectivity index is 2.05. The Morgan fingerprint density at radius 1 is 1.30 bits per heavy atom. The summed E-state index contributed by atoms with van der Waals surface area (Å²) in [5.41, 5.74) is 0.933. The number of benzene rings is 1. The van der Waals surface area contributed by atoms with Crippen molar-refractivity contribution in [2.75, 3.05) is 0 Å². The largest absolute Gasteiger partial charge is 0.491 e. The maximum absolute atomic E-state index is 9.33. The number of nitriles is 1. The zero-order chi connectivity index (χ0) is 14.4. The molecular formula is C16H18N2OS. The molecule has 1 N–H and O–H groups in total. The van der Waals surface area contributed by atoms with Crippen LogP contribution in [0.25, 0.3) is 0 Å². The molecule has 20 heavy (non-hydrogen) atoms. The second-order valence-corrected chi connectivity index (χ2v) is 5.79. The van der Waals surface area contributed by atoms with Gasteiger partial charge in [0.05, 0.1) is 12.2 Å². The van der Waals surface area contributed by atoms with Gasteiger partial charge in [-0.05, 0) is 43.0 Å². The molecule has 0 aliphatic heterocycles. The van der Waals surface area contributed by atoms with Crippen LogP contribution in [-0.2, 0) is 6.54 Å². The molecule has 1 aromatic heterocycles. The van der Waals surface area contributed by atoms with Crippen molar-refractivity contribution in [3.63, 3.8) is 0 Å². The van der Waals surface area contributed by atoms with E-state index in [-0.39, 0.29) is 12.1 Å². The first-order valence-corrected chi connectivity index (χ1v) is 7.49. The summed E-state index contributed by atoms with van der Waals surface area (Å²) in [5, 5.41) is 14.6. The van der Waals surface area contributed by atoms with Crippen LogP contribution in [0.3, 0.4) is 0 Å². The average molecular weight is 286 g/mol. The second-order valence-electron chi connectivity index (χ2n) is 4.76. The van der Waals surface area contributed by atoms with E-state index in [9.17, 15) is 5.26 Å². The van der Waals surface area contributed by atoms with Crippen molar-refractivity contribution in [2.45, 2.75) is 32.5 Å². The van der Waals surface area contributed by atoms with Crippen LogP contribution in [0.4, 0.5) is 0 Å². The van der Waals surface area contributed by atoms with Gasteiger partial charge in [-0.1, -0.05) is 18.2 Å². The van der Waals surface area contributed by atoms with Crippen LogP contribution in [0.5, 0.6) is 5.75 Å². The lowest BCUT2D eigenvalue weighted by Gasteiger charge is -2.14. The summed E-state index contributed by atoms with van der Waals surface area (Å²) in [6.07, 6.45) is 0.130. The second kappa shape index (κ2) is 7.09. The number of hydrogen-bond acceptors (Lipinski definition) is 4. The minimum Gasteiger partial charge on any atom is -0.491 e. The van der Waals surface area contributed by atoms with Gasteiger partial charge in [-0.3, -0.25) is 5.32 Å². The van der Waals surface area contributed by atoms with Gasteiger partial charge in [0.1, 0.15) is 11.8 Å². The van der Waals surface area contributed by atoms with Gasteiger partial charge in [-0.2, -0.15) is 5.26 Å². The van der Waals surface area contributed by atoms with Crippen LogP contribution in [0, 0.1) is 11.3 Å². The maximum Gasteiger partial charge on any atom is 0.121 e. The lowest BCUT2D eigenvalue weighted by molar-refractivity contribution is 0.242. The summed E-state index contributed by atoms with van der Waals surface area (Å²) in [6.45, 7) is 4.68. The van der Waals surface area contributed by atoms with Gasteiger partial charge in [0.25, 0.3) is 0 Å². The summed E-state index contributed by atoms with van der Waals surface area (Å²) in [5.74, 6) is 0.802. The van der Waals surface area contributed by atoms with E-state index in [2.05, 4.69) is 17.5 Å². The van der Waals surface area contributed by atoms with E-state index < -0.39 is 0 Å². The van der Waals surface area contributed by atoms with Gasteiger partial charge >= 0.3 is 0 Å². The first-order chi connectivity index (χ1) is 9.69. The molecule has 1 unspecified atom stereocenters. The topological polar surface area (TPSA) is 45.0 Å². The van der Waals surface area contributed by atoms with Crippen molar-refractivity contribution in [3.05, 3.63) is 52.2 Å². The first kappa shape index (κ1) is 14.6. The summed E-state index contributed by atoms with van der Waals surface area (Å²) in [4.78, 5) is 1.22. The number of nitrogens with zero attached hydrogens (tertiary/aromatic N) is 1. The average Bonchev–Trinajstić information content (AvgIpc) is 2.92. The van der Waals surface area contributed by atoms with Crippen molar-refractivity contribution in [3.8, 4) is 11.8 Å². The van der Waals surface area contributed by atoms with E-state index in [0.29, 0.717) is 6.54 Å². The SMILES string of the molecule is CC(C)Oc1cccc(C(C#N)NCc2cccs2)c1. The molecule has 0 aliphatic carbocycles. The molecule has 0 fully saturated rings. The Hall–Kier alpha value is -1.83. The fourth-order valence-corrected chi connectivity index (χ4v) is 2.55. The minimum absolute atomic E-state index is 0.130. The normalized spacial score (nSPS) is 12.1. The van der Waals surface area contributed by atoms with E-state index in [1.807, 2.05) is 49.6 Å². The molecule has 3 nitrogen and oxygen atoms in total. The monoisotopic (exact) mass is 286 g/mol. The van der Waals surface area contributed by atoms with Gasteiger partial charge in [-0.15, -0.1) is 11.3 Å². The molecule has 104 valence electrons. The zero-order valence-electron chi connectivity index (χ0n) is 11.7. The lowest BCUT2D eigenvalue weighted by Crippen LogP contribution is -2.19. The molecule has 0 bridgehead atoms. The molecule has 2 rings (SSSR count). The van der Waals surface area contributed by atoms with Crippen molar-refractivity contribution >= 4 is 11.3 Å². The Labute approximate surface area is 123 Å². The predicted octanol–water partition coefficient (Wildman–Crippen LogP) is 3.89. The molecular weight excluding hydrogens is 268 g/mol. The number of nitrogens with one attached hydrogen (secondary N) is 1. The lowest BCUT2D eigenvalue weighted by atomic mass is 10.1. The predicted molar refractivity (Wildman–Crippen MR) is 81.7 cm³/mol. The fraction of sp³-hybridized carbons (Fsp3) is 0.312. The van der Waals surface area contributed by atoms with Crippen LogP contribution in [0.15, 0.2) is 41.8 Å². The highest BCUT2D eigenvalue weighted by atomic mass is 32.1. The minimum atomic E-state index is -0.326. The zero-order valence-corrected chi connectivity index (χ0v) is 12.5. The highest BCUT2D eigenvalue weighted by Gasteiger charge is 2.11. The van der Waals surface area contributed by atoms with Crippen LogP contribution in [0.2, 0.25) is 0 Å². The third-order valence-electron chi connectivity index (χ3n) is 2.75. The van der Waals surface area contributed by atoms with Crippen LogP contribution in [-0.4, -0.2) is 6.10 Å². The van der Waals surface area contributed by atoms with Crippen molar-refractivity contribution in [1.82, 2.24) is 5.32 Å². The molecule has 0 aliphatic rings. The van der Waals surface area contributed by atoms with Gasteiger partial charge in [-0.25, -0.2) is 0 Å². The van der Waals surface area contributed by atoms with Crippen LogP contribution >= 0.6 is 11.3 Å². The standard InChI is InChI=1S/C16H18N2OS/c1-12(2)19-14-6-3-5-13(9-14)16(10-17)18-11-15-7-4-8-20-15/h3-9,12,16,18H,11H2,1-2H3. The molecule has 1 atom stereocenters. The van der Waals surface area contributed by atoms with Crippen LogP contribution in [0.1, 0.15) is 30.3 Å². The molecule has 2 aromatic rings. The third kappa shape index (κ3) is 4.09. The van der Waals surface area contributed by atoms with Gasteiger partial charge in [0.2, 0.25) is 0 Å². The molecule has 0 radical (unpaired) electrons. The quantitative estimate of drug-likeness (QED) is 0.876. The Bertz CT molecular complexity index is 572.